The molecule has 92 heavy (non-hydrogen) atoms. The van der Waals surface area contributed by atoms with E-state index in [1.807, 2.05) is 147 Å². The van der Waals surface area contributed by atoms with E-state index in [4.69, 9.17) is 52.1 Å². The van der Waals surface area contributed by atoms with Crippen LogP contribution in [-0.4, -0.2) is 83.6 Å². The smallest absolute Gasteiger partial charge is 0.343 e. The highest BCUT2D eigenvalue weighted by Crippen LogP contribution is 2.28. The van der Waals surface area contributed by atoms with Crippen LogP contribution in [0.4, 0.5) is 0 Å². The average molecular weight is 1260 g/mol. The first kappa shape index (κ1) is 71.3. The van der Waals surface area contributed by atoms with Gasteiger partial charge in [-0.2, -0.15) is 0 Å². The van der Waals surface area contributed by atoms with E-state index in [0.29, 0.717) is 56.0 Å². The second-order valence-electron chi connectivity index (χ2n) is 23.7. The fourth-order valence-corrected chi connectivity index (χ4v) is 10.1. The van der Waals surface area contributed by atoms with Gasteiger partial charge < -0.3 is 52.1 Å². The fourth-order valence-electron chi connectivity index (χ4n) is 10.1. The molecule has 1 fully saturated rings. The topological polar surface area (TPSA) is 136 Å². The van der Waals surface area contributed by atoms with Crippen LogP contribution in [0.15, 0.2) is 170 Å². The van der Waals surface area contributed by atoms with E-state index >= 15 is 0 Å². The summed E-state index contributed by atoms with van der Waals surface area (Å²) in [6.07, 6.45) is 19.4. The maximum atomic E-state index is 12.6. The SMILES string of the molecule is CCCC(C)OC(=O)c1ccc(C(=O)Oc2ccc(-c3ccc(OCCCCOc4ccc(C)cc4)cc3)cc2)cc1.CCCCOc1ccc(OCCCCOc2ccc(OCCCCCCOc3ccc(OCCCCOC4CCC(C)CC4)cc3)cc2)cc1. The van der Waals surface area contributed by atoms with Crippen LogP contribution < -0.4 is 42.6 Å². The molecule has 494 valence electrons. The first-order valence-electron chi connectivity index (χ1n) is 33.8. The summed E-state index contributed by atoms with van der Waals surface area (Å²) < 4.78 is 63.8. The monoisotopic (exact) mass is 1260 g/mol. The predicted octanol–water partition coefficient (Wildman–Crippen LogP) is 19.3. The molecule has 8 rings (SSSR count). The van der Waals surface area contributed by atoms with Gasteiger partial charge in [0.2, 0.25) is 0 Å². The van der Waals surface area contributed by atoms with Crippen LogP contribution in [0.2, 0.25) is 0 Å². The second-order valence-corrected chi connectivity index (χ2v) is 23.7. The third-order valence-corrected chi connectivity index (χ3v) is 15.7. The summed E-state index contributed by atoms with van der Waals surface area (Å²) in [7, 11) is 0. The lowest BCUT2D eigenvalue weighted by Crippen LogP contribution is -2.21. The standard InChI is InChI=1S/C43H62O7.C36H38O6/c1-3-4-29-44-38-17-19-41(20-18-38)48-34-11-12-35-50-43-27-23-40(24-28-43)46-31-8-6-5-7-30-45-39-21-25-42(26-22-39)49-33-10-9-32-47-37-15-13-36(2)14-16-37;1-4-7-27(3)41-35(37)30-10-12-31(13-11-30)36(38)42-34-22-16-29(17-23-34)28-14-20-33(21-15-28)40-25-6-5-24-39-32-18-8-26(2)9-19-32/h17-28,36-37H,3-16,29-35H2,1-2H3;8-23,27H,4-7,24-25H2,1-3H3. The van der Waals surface area contributed by atoms with Crippen molar-refractivity contribution in [3.63, 3.8) is 0 Å². The number of rotatable bonds is 41. The molecule has 7 aromatic carbocycles. The molecule has 1 aliphatic rings. The quantitative estimate of drug-likeness (QED) is 0.0205. The second kappa shape index (κ2) is 42.1. The largest absolute Gasteiger partial charge is 0.494 e. The zero-order valence-corrected chi connectivity index (χ0v) is 55.3. The van der Waals surface area contributed by atoms with Crippen molar-refractivity contribution in [1.82, 2.24) is 0 Å². The van der Waals surface area contributed by atoms with E-state index in [0.717, 1.165) is 179 Å². The Morgan fingerprint density at radius 1 is 0.359 bits per heavy atom. The predicted molar refractivity (Wildman–Crippen MR) is 366 cm³/mol. The number of esters is 2. The van der Waals surface area contributed by atoms with E-state index in [-0.39, 0.29) is 6.10 Å². The molecule has 1 unspecified atom stereocenters. The van der Waals surface area contributed by atoms with Crippen LogP contribution in [0.3, 0.4) is 0 Å². The van der Waals surface area contributed by atoms with Crippen LogP contribution in [0.5, 0.6) is 51.7 Å². The summed E-state index contributed by atoms with van der Waals surface area (Å²) in [6, 6.07) is 53.4. The van der Waals surface area contributed by atoms with Crippen molar-refractivity contribution in [2.75, 3.05) is 59.5 Å². The molecule has 0 amide bonds. The number of ether oxygens (including phenoxy) is 11. The van der Waals surface area contributed by atoms with E-state index < -0.39 is 11.9 Å². The molecule has 0 saturated heterocycles. The molecule has 0 aromatic heterocycles. The summed E-state index contributed by atoms with van der Waals surface area (Å²) in [6.45, 7) is 16.9. The Morgan fingerprint density at radius 3 is 1.02 bits per heavy atom. The molecule has 0 radical (unpaired) electrons. The summed E-state index contributed by atoms with van der Waals surface area (Å²) in [5.74, 6) is 7.41. The highest BCUT2D eigenvalue weighted by atomic mass is 16.5. The third kappa shape index (κ3) is 28.1. The Morgan fingerprint density at radius 2 is 0.663 bits per heavy atom. The van der Waals surface area contributed by atoms with Crippen molar-refractivity contribution in [3.05, 3.63) is 187 Å². The lowest BCUT2D eigenvalue weighted by Gasteiger charge is -2.26. The molecule has 13 heteroatoms. The van der Waals surface area contributed by atoms with Gasteiger partial charge in [-0.05, 0) is 267 Å². The van der Waals surface area contributed by atoms with Crippen LogP contribution in [-0.2, 0) is 9.47 Å². The van der Waals surface area contributed by atoms with Crippen LogP contribution >= 0.6 is 0 Å². The lowest BCUT2D eigenvalue weighted by molar-refractivity contribution is 0.0170. The van der Waals surface area contributed by atoms with Crippen molar-refractivity contribution in [1.29, 1.82) is 0 Å². The van der Waals surface area contributed by atoms with Crippen LogP contribution in [0.25, 0.3) is 11.1 Å². The molecule has 0 bridgehead atoms. The van der Waals surface area contributed by atoms with E-state index in [2.05, 4.69) is 20.8 Å². The van der Waals surface area contributed by atoms with Gasteiger partial charge in [-0.1, -0.05) is 75.6 Å². The first-order chi connectivity index (χ1) is 45.1. The van der Waals surface area contributed by atoms with Gasteiger partial charge in [-0.3, -0.25) is 0 Å². The molecule has 1 aliphatic carbocycles. The minimum absolute atomic E-state index is 0.146. The molecular weight excluding hydrogens is 1160 g/mol. The van der Waals surface area contributed by atoms with E-state index in [9.17, 15) is 9.59 Å². The zero-order valence-electron chi connectivity index (χ0n) is 55.3. The highest BCUT2D eigenvalue weighted by Gasteiger charge is 2.19. The van der Waals surface area contributed by atoms with Crippen molar-refractivity contribution < 1.29 is 61.7 Å². The molecule has 1 saturated carbocycles. The zero-order chi connectivity index (χ0) is 64.6. The molecule has 0 N–H and O–H groups in total. The van der Waals surface area contributed by atoms with Crippen LogP contribution in [0, 0.1) is 12.8 Å². The third-order valence-electron chi connectivity index (χ3n) is 15.7. The number of carbonyl (C=O) groups excluding carboxylic acids is 2. The van der Waals surface area contributed by atoms with Crippen molar-refractivity contribution in [2.24, 2.45) is 5.92 Å². The van der Waals surface area contributed by atoms with Crippen molar-refractivity contribution in [3.8, 4) is 62.9 Å². The van der Waals surface area contributed by atoms with Gasteiger partial charge in [0.1, 0.15) is 51.7 Å². The van der Waals surface area contributed by atoms with Gasteiger partial charge >= 0.3 is 11.9 Å². The summed E-state index contributed by atoms with van der Waals surface area (Å²) >= 11 is 0. The number of hydrogen-bond donors (Lipinski definition) is 0. The summed E-state index contributed by atoms with van der Waals surface area (Å²) in [4.78, 5) is 24.9. The number of benzene rings is 7. The Hall–Kier alpha value is -8.16. The highest BCUT2D eigenvalue weighted by molar-refractivity contribution is 5.94. The van der Waals surface area contributed by atoms with Gasteiger partial charge in [-0.15, -0.1) is 0 Å². The fraction of sp³-hybridized carbons (Fsp3) is 0.443. The first-order valence-corrected chi connectivity index (χ1v) is 33.8. The number of carbonyl (C=O) groups is 2. The Bertz CT molecular complexity index is 3070. The minimum Gasteiger partial charge on any atom is -0.494 e. The lowest BCUT2D eigenvalue weighted by atomic mass is 9.89. The maximum absolute atomic E-state index is 12.6. The van der Waals surface area contributed by atoms with E-state index in [1.54, 1.807) is 36.4 Å². The number of hydrogen-bond acceptors (Lipinski definition) is 13. The molecular formula is C79H100O13. The average Bonchev–Trinajstić information content (AvgIpc) is 1.35. The Balaban J connectivity index is 0.000000265. The van der Waals surface area contributed by atoms with Crippen molar-refractivity contribution >= 4 is 11.9 Å². The van der Waals surface area contributed by atoms with Crippen molar-refractivity contribution in [2.45, 2.75) is 162 Å². The molecule has 0 aliphatic heterocycles. The molecule has 0 spiro atoms. The normalized spacial score (nSPS) is 13.8. The molecule has 1 atom stereocenters. The Kier molecular flexibility index (Phi) is 32.6. The van der Waals surface area contributed by atoms with Crippen LogP contribution in [0.1, 0.15) is 170 Å². The summed E-state index contributed by atoms with van der Waals surface area (Å²) in [5.41, 5.74) is 4.00. The van der Waals surface area contributed by atoms with Gasteiger partial charge in [0.25, 0.3) is 0 Å². The Labute approximate surface area is 548 Å². The van der Waals surface area contributed by atoms with Gasteiger partial charge in [0.05, 0.1) is 76.2 Å². The van der Waals surface area contributed by atoms with Gasteiger partial charge in [-0.25, -0.2) is 9.59 Å². The minimum atomic E-state index is -0.495. The summed E-state index contributed by atoms with van der Waals surface area (Å²) in [5, 5.41) is 0. The number of aryl methyl sites for hydroxylation is 1. The van der Waals surface area contributed by atoms with Gasteiger partial charge in [0.15, 0.2) is 0 Å². The molecule has 13 nitrogen and oxygen atoms in total. The molecule has 7 aromatic rings. The van der Waals surface area contributed by atoms with Gasteiger partial charge in [0, 0.05) is 6.61 Å². The number of unbranched alkanes of at least 4 members (excludes halogenated alkanes) is 7. The molecule has 0 heterocycles. The maximum Gasteiger partial charge on any atom is 0.343 e. The van der Waals surface area contributed by atoms with E-state index in [1.165, 1.54) is 31.2 Å².